The van der Waals surface area contributed by atoms with Crippen molar-refractivity contribution < 1.29 is 5.11 Å². The maximum atomic E-state index is 9.19. The Kier molecular flexibility index (Phi) is 6.23. The van der Waals surface area contributed by atoms with Crippen LogP contribution >= 0.6 is 27.5 Å². The Bertz CT molecular complexity index is 494. The van der Waals surface area contributed by atoms with E-state index >= 15 is 0 Å². The first-order valence-electron chi connectivity index (χ1n) is 5.87. The van der Waals surface area contributed by atoms with Gasteiger partial charge in [-0.2, -0.15) is 0 Å². The summed E-state index contributed by atoms with van der Waals surface area (Å²) in [6.07, 6.45) is 0.762. The van der Waals surface area contributed by atoms with Gasteiger partial charge in [0.2, 0.25) is 0 Å². The number of benzene rings is 2. The van der Waals surface area contributed by atoms with Crippen LogP contribution in [0.3, 0.4) is 0 Å². The molecular weight excluding hydrogens is 312 g/mol. The molecular formula is C15H16BrClO. The van der Waals surface area contributed by atoms with Crippen LogP contribution in [0.5, 0.6) is 5.75 Å². The van der Waals surface area contributed by atoms with E-state index in [2.05, 4.69) is 15.9 Å². The highest BCUT2D eigenvalue weighted by Gasteiger charge is 2.02. The molecule has 0 aromatic heterocycles. The predicted molar refractivity (Wildman–Crippen MR) is 81.4 cm³/mol. The van der Waals surface area contributed by atoms with Crippen LogP contribution in [0.2, 0.25) is 5.02 Å². The molecule has 0 saturated heterocycles. The SMILES string of the molecule is CC.Oc1ccc(Cc2cc(Br)ccc2Cl)cc1. The van der Waals surface area contributed by atoms with Crippen LogP contribution in [0.1, 0.15) is 25.0 Å². The van der Waals surface area contributed by atoms with Gasteiger partial charge in [-0.1, -0.05) is 53.5 Å². The first-order chi connectivity index (χ1) is 8.65. The summed E-state index contributed by atoms with van der Waals surface area (Å²) in [5, 5.41) is 9.95. The van der Waals surface area contributed by atoms with E-state index in [-0.39, 0.29) is 5.75 Å². The van der Waals surface area contributed by atoms with Gasteiger partial charge in [0.15, 0.2) is 0 Å². The van der Waals surface area contributed by atoms with E-state index < -0.39 is 0 Å². The minimum absolute atomic E-state index is 0.282. The molecule has 18 heavy (non-hydrogen) atoms. The highest BCUT2D eigenvalue weighted by atomic mass is 79.9. The fourth-order valence-electron chi connectivity index (χ4n) is 1.51. The van der Waals surface area contributed by atoms with Gasteiger partial charge in [-0.25, -0.2) is 0 Å². The van der Waals surface area contributed by atoms with Gasteiger partial charge in [0, 0.05) is 9.50 Å². The number of rotatable bonds is 2. The molecule has 0 bridgehead atoms. The molecule has 0 spiro atoms. The van der Waals surface area contributed by atoms with Crippen LogP contribution < -0.4 is 0 Å². The molecule has 0 atom stereocenters. The van der Waals surface area contributed by atoms with Crippen molar-refractivity contribution >= 4 is 27.5 Å². The molecule has 2 aromatic rings. The van der Waals surface area contributed by atoms with Gasteiger partial charge in [0.05, 0.1) is 0 Å². The molecule has 0 amide bonds. The number of phenolic OH excluding ortho intramolecular Hbond substituents is 1. The van der Waals surface area contributed by atoms with Crippen LogP contribution in [-0.4, -0.2) is 5.11 Å². The lowest BCUT2D eigenvalue weighted by Gasteiger charge is -2.05. The molecule has 2 aromatic carbocycles. The standard InChI is InChI=1S/C13H10BrClO.C2H6/c14-11-3-6-13(15)10(8-11)7-9-1-4-12(16)5-2-9;1-2/h1-6,8,16H,7H2;1-2H3. The number of hydrogen-bond donors (Lipinski definition) is 1. The summed E-state index contributed by atoms with van der Waals surface area (Å²) in [5.74, 6) is 0.282. The molecule has 0 radical (unpaired) electrons. The quantitative estimate of drug-likeness (QED) is 0.780. The molecule has 96 valence electrons. The Morgan fingerprint density at radius 2 is 1.67 bits per heavy atom. The fourth-order valence-corrected chi connectivity index (χ4v) is 2.11. The summed E-state index contributed by atoms with van der Waals surface area (Å²) in [6, 6.07) is 13.0. The van der Waals surface area contributed by atoms with Crippen LogP contribution in [0.25, 0.3) is 0 Å². The van der Waals surface area contributed by atoms with Gasteiger partial charge in [0.25, 0.3) is 0 Å². The van der Waals surface area contributed by atoms with Gasteiger partial charge in [-0.05, 0) is 47.9 Å². The molecule has 1 nitrogen and oxygen atoms in total. The smallest absolute Gasteiger partial charge is 0.115 e. The van der Waals surface area contributed by atoms with Crippen molar-refractivity contribution in [3.63, 3.8) is 0 Å². The Hall–Kier alpha value is -0.990. The predicted octanol–water partition coefficient (Wildman–Crippen LogP) is 5.43. The van der Waals surface area contributed by atoms with Crippen molar-refractivity contribution in [2.75, 3.05) is 0 Å². The third-order valence-corrected chi connectivity index (χ3v) is 3.20. The van der Waals surface area contributed by atoms with Crippen molar-refractivity contribution in [3.05, 3.63) is 63.1 Å². The van der Waals surface area contributed by atoms with E-state index in [9.17, 15) is 5.11 Å². The van der Waals surface area contributed by atoms with E-state index in [4.69, 9.17) is 11.6 Å². The van der Waals surface area contributed by atoms with Crippen LogP contribution in [0.15, 0.2) is 46.9 Å². The molecule has 0 aliphatic carbocycles. The average Bonchev–Trinajstić information content (AvgIpc) is 2.39. The lowest BCUT2D eigenvalue weighted by atomic mass is 10.1. The molecule has 0 aliphatic heterocycles. The highest BCUT2D eigenvalue weighted by Crippen LogP contribution is 2.24. The van der Waals surface area contributed by atoms with Crippen molar-refractivity contribution in [3.8, 4) is 5.75 Å². The number of halogens is 2. The zero-order valence-corrected chi connectivity index (χ0v) is 12.8. The second-order valence-corrected chi connectivity index (χ2v) is 4.90. The molecule has 3 heteroatoms. The number of hydrogen-bond acceptors (Lipinski definition) is 1. The van der Waals surface area contributed by atoms with E-state index in [1.807, 2.05) is 44.2 Å². The Morgan fingerprint density at radius 1 is 1.06 bits per heavy atom. The van der Waals surface area contributed by atoms with Gasteiger partial charge in [-0.3, -0.25) is 0 Å². The average molecular weight is 328 g/mol. The Morgan fingerprint density at radius 3 is 2.28 bits per heavy atom. The van der Waals surface area contributed by atoms with Crippen molar-refractivity contribution in [2.24, 2.45) is 0 Å². The topological polar surface area (TPSA) is 20.2 Å². The zero-order chi connectivity index (χ0) is 13.5. The summed E-state index contributed by atoms with van der Waals surface area (Å²) in [4.78, 5) is 0. The molecule has 0 saturated carbocycles. The molecule has 0 unspecified atom stereocenters. The van der Waals surface area contributed by atoms with E-state index in [1.165, 1.54) is 0 Å². The maximum absolute atomic E-state index is 9.19. The summed E-state index contributed by atoms with van der Waals surface area (Å²) in [5.41, 5.74) is 2.19. The first kappa shape index (κ1) is 15.1. The summed E-state index contributed by atoms with van der Waals surface area (Å²) < 4.78 is 1.02. The first-order valence-corrected chi connectivity index (χ1v) is 7.04. The van der Waals surface area contributed by atoms with Crippen molar-refractivity contribution in [1.29, 1.82) is 0 Å². The normalized spacial score (nSPS) is 9.56. The lowest BCUT2D eigenvalue weighted by Crippen LogP contribution is -1.89. The van der Waals surface area contributed by atoms with Crippen LogP contribution in [-0.2, 0) is 6.42 Å². The summed E-state index contributed by atoms with van der Waals surface area (Å²) in [7, 11) is 0. The Balaban J connectivity index is 0.000000771. The third-order valence-electron chi connectivity index (χ3n) is 2.34. The van der Waals surface area contributed by atoms with E-state index in [1.54, 1.807) is 12.1 Å². The van der Waals surface area contributed by atoms with Crippen molar-refractivity contribution in [2.45, 2.75) is 20.3 Å². The lowest BCUT2D eigenvalue weighted by molar-refractivity contribution is 0.475. The highest BCUT2D eigenvalue weighted by molar-refractivity contribution is 9.10. The molecule has 2 rings (SSSR count). The van der Waals surface area contributed by atoms with Gasteiger partial charge >= 0.3 is 0 Å². The minimum Gasteiger partial charge on any atom is -0.508 e. The monoisotopic (exact) mass is 326 g/mol. The minimum atomic E-state index is 0.282. The second-order valence-electron chi connectivity index (χ2n) is 3.58. The van der Waals surface area contributed by atoms with Gasteiger partial charge < -0.3 is 5.11 Å². The number of aromatic hydroxyl groups is 1. The Labute approximate surface area is 122 Å². The summed E-state index contributed by atoms with van der Waals surface area (Å²) in [6.45, 7) is 4.00. The van der Waals surface area contributed by atoms with Crippen molar-refractivity contribution in [1.82, 2.24) is 0 Å². The zero-order valence-electron chi connectivity index (χ0n) is 10.5. The van der Waals surface area contributed by atoms with E-state index in [0.29, 0.717) is 0 Å². The van der Waals surface area contributed by atoms with Gasteiger partial charge in [0.1, 0.15) is 5.75 Å². The summed E-state index contributed by atoms with van der Waals surface area (Å²) >= 11 is 9.53. The largest absolute Gasteiger partial charge is 0.508 e. The van der Waals surface area contributed by atoms with E-state index in [0.717, 1.165) is 27.0 Å². The molecule has 1 N–H and O–H groups in total. The van der Waals surface area contributed by atoms with Gasteiger partial charge in [-0.15, -0.1) is 0 Å². The number of phenols is 1. The molecule has 0 heterocycles. The second kappa shape index (κ2) is 7.45. The third kappa shape index (κ3) is 4.35. The fraction of sp³-hybridized carbons (Fsp3) is 0.200. The maximum Gasteiger partial charge on any atom is 0.115 e. The molecule has 0 fully saturated rings. The molecule has 0 aliphatic rings. The van der Waals surface area contributed by atoms with Crippen LogP contribution in [0, 0.1) is 0 Å². The van der Waals surface area contributed by atoms with Crippen LogP contribution in [0.4, 0.5) is 0 Å².